The number of halogens is 4. The molecule has 3 aromatic carbocycles. The Morgan fingerprint density at radius 3 is 1.00 bits per heavy atom. The first kappa shape index (κ1) is 53.3. The lowest BCUT2D eigenvalue weighted by Crippen LogP contribution is -2.41. The van der Waals surface area contributed by atoms with E-state index in [2.05, 4.69) is 138 Å². The number of hydrogen-bond acceptors (Lipinski definition) is 6. The largest absolute Gasteiger partial charge is 0.489 e. The van der Waals surface area contributed by atoms with Gasteiger partial charge in [0.15, 0.2) is 0 Å². The smallest absolute Gasteiger partial charge is 0.239 e. The third kappa shape index (κ3) is 19.6. The molecule has 3 heterocycles. The molecular weight excluding hydrogens is 815 g/mol. The fraction of sp³-hybridized carbons (Fsp3) is 0.667. The second kappa shape index (κ2) is 26.1. The standard InChI is InChI=1S/C18H27F2NO.2C18H28FNO/c1-18(2,3)14-6-8-15(9-7-14)22-16-5-4-11-21(13-16)12-10-17(19)20;2*1-18(2,3)15-7-9-16(10-8-15)21-17-6-4-12-20(14-17)13-5-11-19/h6-9,16-17H,4-5,10-13H2,1-3H3;2*7-10,17H,4-6,11-14H2,1-3H3/t;2*17-/m.10/s1. The van der Waals surface area contributed by atoms with E-state index in [4.69, 9.17) is 14.2 Å². The molecule has 3 fully saturated rings. The lowest BCUT2D eigenvalue weighted by Gasteiger charge is -2.33. The van der Waals surface area contributed by atoms with Gasteiger partial charge in [-0.15, -0.1) is 0 Å². The van der Waals surface area contributed by atoms with Gasteiger partial charge in [-0.25, -0.2) is 8.78 Å². The van der Waals surface area contributed by atoms with E-state index in [9.17, 15) is 17.6 Å². The number of nitrogens with zero attached hydrogens (tertiary/aromatic N) is 3. The van der Waals surface area contributed by atoms with Crippen molar-refractivity contribution in [3.8, 4) is 17.2 Å². The van der Waals surface area contributed by atoms with Crippen LogP contribution in [-0.2, 0) is 16.2 Å². The minimum Gasteiger partial charge on any atom is -0.489 e. The number of rotatable bonds is 15. The summed E-state index contributed by atoms with van der Waals surface area (Å²) in [5, 5.41) is 0. The van der Waals surface area contributed by atoms with Crippen molar-refractivity contribution in [2.45, 2.75) is 161 Å². The van der Waals surface area contributed by atoms with Crippen molar-refractivity contribution in [1.29, 1.82) is 0 Å². The molecule has 64 heavy (non-hydrogen) atoms. The number of hydrogen-bond donors (Lipinski definition) is 0. The van der Waals surface area contributed by atoms with Gasteiger partial charge in [0.05, 0.1) is 13.3 Å². The average Bonchev–Trinajstić information content (AvgIpc) is 3.25. The molecule has 1 unspecified atom stereocenters. The van der Waals surface area contributed by atoms with Gasteiger partial charge >= 0.3 is 0 Å². The summed E-state index contributed by atoms with van der Waals surface area (Å²) in [6, 6.07) is 25.1. The van der Waals surface area contributed by atoms with Gasteiger partial charge < -0.3 is 14.2 Å². The van der Waals surface area contributed by atoms with Gasteiger partial charge in [0.2, 0.25) is 6.43 Å². The van der Waals surface area contributed by atoms with Crippen molar-refractivity contribution in [1.82, 2.24) is 14.7 Å². The lowest BCUT2D eigenvalue weighted by atomic mass is 9.87. The van der Waals surface area contributed by atoms with Crippen LogP contribution in [0, 0.1) is 0 Å². The fourth-order valence-electron chi connectivity index (χ4n) is 8.46. The second-order valence-corrected chi connectivity index (χ2v) is 21.1. The van der Waals surface area contributed by atoms with Crippen LogP contribution >= 0.6 is 0 Å². The van der Waals surface area contributed by atoms with Crippen LogP contribution in [0.5, 0.6) is 17.2 Å². The number of likely N-dealkylation sites (tertiary alicyclic amines) is 3. The molecule has 0 bridgehead atoms. The molecule has 3 saturated heterocycles. The third-order valence-corrected chi connectivity index (χ3v) is 12.3. The highest BCUT2D eigenvalue weighted by atomic mass is 19.3. The Morgan fingerprint density at radius 2 is 0.750 bits per heavy atom. The van der Waals surface area contributed by atoms with E-state index >= 15 is 0 Å². The van der Waals surface area contributed by atoms with Crippen LogP contribution in [0.25, 0.3) is 0 Å². The highest BCUT2D eigenvalue weighted by Gasteiger charge is 2.25. The maximum atomic E-state index is 12.3. The number of ether oxygens (including phenoxy) is 3. The first-order valence-electron chi connectivity index (χ1n) is 24.2. The van der Waals surface area contributed by atoms with Crippen molar-refractivity contribution in [2.75, 3.05) is 72.3 Å². The fourth-order valence-corrected chi connectivity index (χ4v) is 8.46. The molecule has 3 atom stereocenters. The van der Waals surface area contributed by atoms with Gasteiger partial charge in [0.1, 0.15) is 35.6 Å². The lowest BCUT2D eigenvalue weighted by molar-refractivity contribution is 0.0661. The molecule has 0 radical (unpaired) electrons. The zero-order valence-electron chi connectivity index (χ0n) is 41.0. The zero-order chi connectivity index (χ0) is 46.8. The van der Waals surface area contributed by atoms with Crippen LogP contribution in [0.1, 0.15) is 137 Å². The van der Waals surface area contributed by atoms with E-state index in [0.717, 1.165) is 108 Å². The summed E-state index contributed by atoms with van der Waals surface area (Å²) in [5.74, 6) is 2.76. The molecule has 10 heteroatoms. The molecule has 0 aliphatic carbocycles. The summed E-state index contributed by atoms with van der Waals surface area (Å²) >= 11 is 0. The Hall–Kier alpha value is -3.34. The van der Waals surface area contributed by atoms with Gasteiger partial charge in [-0.1, -0.05) is 98.7 Å². The number of piperidine rings is 3. The second-order valence-electron chi connectivity index (χ2n) is 21.1. The van der Waals surface area contributed by atoms with Gasteiger partial charge in [0.25, 0.3) is 0 Å². The molecule has 0 spiro atoms. The average molecular weight is 898 g/mol. The van der Waals surface area contributed by atoms with Crippen LogP contribution < -0.4 is 14.2 Å². The minimum atomic E-state index is -2.22. The first-order chi connectivity index (χ1) is 30.3. The van der Waals surface area contributed by atoms with Gasteiger partial charge in [-0.05, 0) is 140 Å². The predicted octanol–water partition coefficient (Wildman–Crippen LogP) is 12.9. The molecule has 0 aromatic heterocycles. The van der Waals surface area contributed by atoms with Crippen LogP contribution in [0.15, 0.2) is 72.8 Å². The van der Waals surface area contributed by atoms with Crippen molar-refractivity contribution in [3.63, 3.8) is 0 Å². The summed E-state index contributed by atoms with van der Waals surface area (Å²) < 4.78 is 67.4. The molecule has 6 nitrogen and oxygen atoms in total. The highest BCUT2D eigenvalue weighted by Crippen LogP contribution is 2.29. The summed E-state index contributed by atoms with van der Waals surface area (Å²) in [6.07, 6.45) is 6.03. The van der Waals surface area contributed by atoms with Crippen molar-refractivity contribution < 1.29 is 31.8 Å². The van der Waals surface area contributed by atoms with E-state index in [-0.39, 0.29) is 54.3 Å². The molecule has 3 aromatic rings. The Labute approximate surface area is 385 Å². The summed E-state index contributed by atoms with van der Waals surface area (Å²) in [5.41, 5.74) is 4.40. The summed E-state index contributed by atoms with van der Waals surface area (Å²) in [6.45, 7) is 27.2. The van der Waals surface area contributed by atoms with Crippen LogP contribution in [0.3, 0.4) is 0 Å². The first-order valence-corrected chi connectivity index (χ1v) is 24.2. The Kier molecular flexibility index (Phi) is 21.7. The van der Waals surface area contributed by atoms with E-state index in [0.29, 0.717) is 19.4 Å². The predicted molar refractivity (Wildman–Crippen MR) is 258 cm³/mol. The topological polar surface area (TPSA) is 37.4 Å². The quantitative estimate of drug-likeness (QED) is 0.142. The summed E-state index contributed by atoms with van der Waals surface area (Å²) in [7, 11) is 0. The molecular formula is C54H83F4N3O3. The number of benzene rings is 3. The molecule has 6 rings (SSSR count). The van der Waals surface area contributed by atoms with E-state index < -0.39 is 6.43 Å². The maximum absolute atomic E-state index is 12.3. The van der Waals surface area contributed by atoms with Crippen molar-refractivity contribution in [3.05, 3.63) is 89.5 Å². The van der Waals surface area contributed by atoms with E-state index in [1.165, 1.54) is 16.7 Å². The summed E-state index contributed by atoms with van der Waals surface area (Å²) in [4.78, 5) is 6.72. The molecule has 360 valence electrons. The van der Waals surface area contributed by atoms with E-state index in [1.54, 1.807) is 0 Å². The Morgan fingerprint density at radius 1 is 0.469 bits per heavy atom. The maximum Gasteiger partial charge on any atom is 0.239 e. The highest BCUT2D eigenvalue weighted by molar-refractivity contribution is 5.33. The Balaban J connectivity index is 0.000000210. The van der Waals surface area contributed by atoms with Crippen LogP contribution in [-0.4, -0.2) is 112 Å². The zero-order valence-corrected chi connectivity index (χ0v) is 41.0. The van der Waals surface area contributed by atoms with Gasteiger partial charge in [0, 0.05) is 45.7 Å². The normalized spacial score (nSPS) is 20.4. The number of alkyl halides is 4. The molecule has 0 saturated carbocycles. The van der Waals surface area contributed by atoms with Crippen LogP contribution in [0.4, 0.5) is 17.6 Å². The minimum absolute atomic E-state index is 0.0486. The Bertz CT molecular complexity index is 1620. The molecule has 0 N–H and O–H groups in total. The van der Waals surface area contributed by atoms with Crippen molar-refractivity contribution >= 4 is 0 Å². The van der Waals surface area contributed by atoms with Crippen molar-refractivity contribution in [2.24, 2.45) is 0 Å². The monoisotopic (exact) mass is 898 g/mol. The molecule has 0 amide bonds. The van der Waals surface area contributed by atoms with Gasteiger partial charge in [-0.2, -0.15) is 0 Å². The van der Waals surface area contributed by atoms with Crippen LogP contribution in [0.2, 0.25) is 0 Å². The molecule has 3 aliphatic heterocycles. The molecule has 3 aliphatic rings. The van der Waals surface area contributed by atoms with Gasteiger partial charge in [-0.3, -0.25) is 23.5 Å². The third-order valence-electron chi connectivity index (χ3n) is 12.3. The van der Waals surface area contributed by atoms with E-state index in [1.807, 2.05) is 12.1 Å². The SMILES string of the molecule is CC(C)(C)c1ccc(OC2CCCN(CCC(F)F)C2)cc1.CC(C)(C)c1ccc(O[C@@H]2CCCN(CCCF)C2)cc1.CC(C)(C)c1ccc(O[C@H]2CCCN(CCCF)C2)cc1.